The molecule has 36 heavy (non-hydrogen) atoms. The Morgan fingerprint density at radius 2 is 1.86 bits per heavy atom. The van der Waals surface area contributed by atoms with E-state index in [-0.39, 0.29) is 30.4 Å². The van der Waals surface area contributed by atoms with Gasteiger partial charge in [-0.3, -0.25) is 19.5 Å². The molecule has 0 spiro atoms. The quantitative estimate of drug-likeness (QED) is 0.597. The highest BCUT2D eigenvalue weighted by atomic mass is 16.6. The number of hydrogen-bond donors (Lipinski definition) is 1. The molecule has 1 N–H and O–H groups in total. The molecule has 2 fully saturated rings. The molecule has 0 aliphatic carbocycles. The molecule has 0 bridgehead atoms. The van der Waals surface area contributed by atoms with Gasteiger partial charge in [-0.2, -0.15) is 0 Å². The highest BCUT2D eigenvalue weighted by molar-refractivity contribution is 6.07. The zero-order valence-electron chi connectivity index (χ0n) is 20.5. The van der Waals surface area contributed by atoms with Crippen molar-refractivity contribution in [1.82, 2.24) is 20.1 Å². The third kappa shape index (κ3) is 4.50. The van der Waals surface area contributed by atoms with E-state index in [0.717, 1.165) is 12.1 Å². The first-order valence-electron chi connectivity index (χ1n) is 12.7. The average molecular weight is 493 g/mol. The predicted octanol–water partition coefficient (Wildman–Crippen LogP) is 2.79. The zero-order chi connectivity index (χ0) is 25.1. The van der Waals surface area contributed by atoms with Crippen molar-refractivity contribution in [2.75, 3.05) is 26.2 Å². The number of benzene rings is 1. The Morgan fingerprint density at radius 1 is 1.11 bits per heavy atom. The van der Waals surface area contributed by atoms with Gasteiger partial charge < -0.3 is 19.7 Å². The van der Waals surface area contributed by atoms with Gasteiger partial charge in [0.25, 0.3) is 11.8 Å². The molecule has 5 rings (SSSR count). The third-order valence-electron chi connectivity index (χ3n) is 7.45. The van der Waals surface area contributed by atoms with Crippen molar-refractivity contribution in [2.24, 2.45) is 5.92 Å². The largest absolute Gasteiger partial charge is 0.485 e. The number of para-hydroxylation sites is 2. The molecule has 2 aromatic rings. The lowest BCUT2D eigenvalue weighted by atomic mass is 9.74. The number of carbonyl (C=O) groups is 3. The van der Waals surface area contributed by atoms with E-state index in [2.05, 4.69) is 10.3 Å². The Kier molecular flexibility index (Phi) is 6.80. The molecule has 0 saturated carbocycles. The second-order valence-corrected chi connectivity index (χ2v) is 9.64. The van der Waals surface area contributed by atoms with Crippen LogP contribution in [0.25, 0.3) is 0 Å². The Balaban J connectivity index is 1.22. The van der Waals surface area contributed by atoms with Crippen molar-refractivity contribution in [3.8, 4) is 11.5 Å². The number of rotatable bonds is 7. The van der Waals surface area contributed by atoms with Gasteiger partial charge in [-0.05, 0) is 49.4 Å². The summed E-state index contributed by atoms with van der Waals surface area (Å²) in [7, 11) is 0. The van der Waals surface area contributed by atoms with Crippen LogP contribution in [0.4, 0.5) is 4.79 Å². The normalized spacial score (nSPS) is 24.1. The lowest BCUT2D eigenvalue weighted by molar-refractivity contribution is -0.143. The van der Waals surface area contributed by atoms with E-state index in [1.807, 2.05) is 43.3 Å². The van der Waals surface area contributed by atoms with Gasteiger partial charge in [0.15, 0.2) is 11.5 Å². The molecule has 2 saturated heterocycles. The molecule has 3 aliphatic rings. The average Bonchev–Trinajstić information content (AvgIpc) is 3.16. The van der Waals surface area contributed by atoms with Crippen molar-refractivity contribution in [1.29, 1.82) is 0 Å². The summed E-state index contributed by atoms with van der Waals surface area (Å²) in [6, 6.07) is 12.6. The van der Waals surface area contributed by atoms with Gasteiger partial charge in [-0.25, -0.2) is 4.79 Å². The number of pyridine rings is 1. The van der Waals surface area contributed by atoms with Gasteiger partial charge in [0, 0.05) is 37.9 Å². The fraction of sp³-hybridized carbons (Fsp3) is 0.481. The first-order chi connectivity index (χ1) is 17.5. The molecule has 0 radical (unpaired) electrons. The number of nitrogens with one attached hydrogen (secondary N) is 1. The Labute approximate surface area is 210 Å². The molecule has 2 atom stereocenters. The number of nitrogens with zero attached hydrogens (tertiary/aromatic N) is 3. The van der Waals surface area contributed by atoms with E-state index in [0.29, 0.717) is 56.8 Å². The Hall–Kier alpha value is -3.62. The third-order valence-corrected chi connectivity index (χ3v) is 7.45. The molecule has 1 aromatic carbocycles. The van der Waals surface area contributed by atoms with Crippen LogP contribution in [0.3, 0.4) is 0 Å². The summed E-state index contributed by atoms with van der Waals surface area (Å²) in [5.74, 6) is 0.915. The number of aromatic nitrogens is 1. The summed E-state index contributed by atoms with van der Waals surface area (Å²) >= 11 is 0. The first-order valence-corrected chi connectivity index (χ1v) is 12.7. The Morgan fingerprint density at radius 3 is 2.58 bits per heavy atom. The number of ether oxygens (including phenoxy) is 2. The van der Waals surface area contributed by atoms with Gasteiger partial charge in [-0.15, -0.1) is 0 Å². The second-order valence-electron chi connectivity index (χ2n) is 9.64. The van der Waals surface area contributed by atoms with Crippen LogP contribution >= 0.6 is 0 Å². The molecule has 0 unspecified atom stereocenters. The number of imide groups is 1. The summed E-state index contributed by atoms with van der Waals surface area (Å²) < 4.78 is 11.6. The van der Waals surface area contributed by atoms with Gasteiger partial charge in [0.05, 0.1) is 0 Å². The lowest BCUT2D eigenvalue weighted by Crippen LogP contribution is -2.57. The van der Waals surface area contributed by atoms with E-state index in [1.54, 1.807) is 17.2 Å². The molecular weight excluding hydrogens is 460 g/mol. The smallest absolute Gasteiger partial charge is 0.325 e. The van der Waals surface area contributed by atoms with Crippen LogP contribution in [0, 0.1) is 5.92 Å². The minimum Gasteiger partial charge on any atom is -0.485 e. The summed E-state index contributed by atoms with van der Waals surface area (Å²) in [5, 5.41) is 3.06. The van der Waals surface area contributed by atoms with Crippen molar-refractivity contribution in [3.05, 3.63) is 54.4 Å². The number of fused-ring (bicyclic) bond motifs is 1. The van der Waals surface area contributed by atoms with E-state index in [1.165, 1.54) is 4.90 Å². The van der Waals surface area contributed by atoms with Gasteiger partial charge >= 0.3 is 6.03 Å². The van der Waals surface area contributed by atoms with Crippen LogP contribution in [0.2, 0.25) is 0 Å². The number of urea groups is 1. The van der Waals surface area contributed by atoms with Gasteiger partial charge in [-0.1, -0.05) is 31.5 Å². The monoisotopic (exact) mass is 492 g/mol. The van der Waals surface area contributed by atoms with E-state index in [4.69, 9.17) is 9.47 Å². The fourth-order valence-corrected chi connectivity index (χ4v) is 5.60. The van der Waals surface area contributed by atoms with Crippen molar-refractivity contribution >= 4 is 17.8 Å². The maximum Gasteiger partial charge on any atom is 0.325 e. The number of likely N-dealkylation sites (tertiary alicyclic amines) is 1. The highest BCUT2D eigenvalue weighted by Crippen LogP contribution is 2.38. The van der Waals surface area contributed by atoms with Crippen molar-refractivity contribution in [3.63, 3.8) is 0 Å². The topological polar surface area (TPSA) is 101 Å². The van der Waals surface area contributed by atoms with Crippen LogP contribution in [-0.2, 0) is 16.0 Å². The summed E-state index contributed by atoms with van der Waals surface area (Å²) in [6.07, 6.45) is 4.16. The number of amides is 4. The number of piperidine rings is 1. The molecule has 9 nitrogen and oxygen atoms in total. The van der Waals surface area contributed by atoms with Crippen LogP contribution < -0.4 is 14.8 Å². The predicted molar refractivity (Wildman–Crippen MR) is 131 cm³/mol. The molecule has 9 heteroatoms. The van der Waals surface area contributed by atoms with Crippen LogP contribution in [-0.4, -0.2) is 70.5 Å². The van der Waals surface area contributed by atoms with E-state index < -0.39 is 11.6 Å². The molecule has 190 valence electrons. The summed E-state index contributed by atoms with van der Waals surface area (Å²) in [4.78, 5) is 47.1. The van der Waals surface area contributed by atoms with Crippen LogP contribution in [0.5, 0.6) is 11.5 Å². The lowest BCUT2D eigenvalue weighted by Gasteiger charge is -2.41. The van der Waals surface area contributed by atoms with E-state index >= 15 is 0 Å². The second kappa shape index (κ2) is 10.2. The van der Waals surface area contributed by atoms with Crippen molar-refractivity contribution in [2.45, 2.75) is 50.7 Å². The van der Waals surface area contributed by atoms with Crippen LogP contribution in [0.1, 0.15) is 38.3 Å². The molecular formula is C27H32N4O5. The van der Waals surface area contributed by atoms with Gasteiger partial charge in [0.1, 0.15) is 12.1 Å². The van der Waals surface area contributed by atoms with Gasteiger partial charge in [0.2, 0.25) is 6.10 Å². The summed E-state index contributed by atoms with van der Waals surface area (Å²) in [6.45, 7) is 3.51. The zero-order valence-corrected chi connectivity index (χ0v) is 20.5. The minimum atomic E-state index is -0.922. The highest BCUT2D eigenvalue weighted by Gasteiger charge is 2.55. The van der Waals surface area contributed by atoms with E-state index in [9.17, 15) is 14.4 Å². The number of hydrogen-bond acceptors (Lipinski definition) is 6. The maximum absolute atomic E-state index is 13.6. The molecule has 4 amide bonds. The number of carbonyl (C=O) groups excluding carboxylic acids is 3. The molecule has 3 aliphatic heterocycles. The molecule has 4 heterocycles. The first kappa shape index (κ1) is 24.1. The standard InChI is InChI=1S/C27H32N4O5/c1-2-13-27(25(33)31(26(34)29-27)17-12-20-7-5-6-14-28-20)19-10-15-30(16-11-19)24(32)23-18-35-21-8-3-4-9-22(21)36-23/h3-9,14,19,23H,2,10-13,15-18H2,1H3,(H,29,34)/t23-,27+/m0/s1. The summed E-state index contributed by atoms with van der Waals surface area (Å²) in [5.41, 5.74) is -0.0801. The fourth-order valence-electron chi connectivity index (χ4n) is 5.60. The van der Waals surface area contributed by atoms with Crippen molar-refractivity contribution < 1.29 is 23.9 Å². The molecule has 1 aromatic heterocycles. The minimum absolute atomic E-state index is 0.0398. The maximum atomic E-state index is 13.6. The van der Waals surface area contributed by atoms with Crippen LogP contribution in [0.15, 0.2) is 48.7 Å². The SMILES string of the molecule is CCC[C@]1(C2CCN(C(=O)[C@@H]3COc4ccccc4O3)CC2)NC(=O)N(CCc2ccccn2)C1=O. The Bertz CT molecular complexity index is 1120.